The quantitative estimate of drug-likeness (QED) is 0.433. The smallest absolute Gasteiger partial charge is 0.407 e. The Kier molecular flexibility index (Phi) is 10.7. The zero-order valence-corrected chi connectivity index (χ0v) is 17.8. The molecule has 0 aliphatic heterocycles. The highest BCUT2D eigenvalue weighted by molar-refractivity contribution is 6.18. The molecule has 0 fully saturated rings. The minimum Gasteiger partial charge on any atom is -0.444 e. The molecule has 0 bridgehead atoms. The van der Waals surface area contributed by atoms with E-state index in [2.05, 4.69) is 22.3 Å². The van der Waals surface area contributed by atoms with Crippen LogP contribution in [-0.4, -0.2) is 52.8 Å². The van der Waals surface area contributed by atoms with E-state index in [-0.39, 0.29) is 18.0 Å². The Morgan fingerprint density at radius 3 is 2.52 bits per heavy atom. The highest BCUT2D eigenvalue weighted by atomic mass is 35.5. The van der Waals surface area contributed by atoms with Crippen molar-refractivity contribution in [2.45, 2.75) is 71.2 Å². The van der Waals surface area contributed by atoms with Crippen LogP contribution in [0.25, 0.3) is 0 Å². The molecule has 0 aromatic heterocycles. The lowest BCUT2D eigenvalue weighted by Crippen LogP contribution is -2.37. The van der Waals surface area contributed by atoms with E-state index in [4.69, 9.17) is 16.3 Å². The number of amides is 1. The SMILES string of the molecule is C[C@@H](CCCCN(Cc1ccccc1)C[C@H](O)CCl)NC(=O)OC(C)(C)C. The fraction of sp³-hybridized carbons (Fsp3) is 0.667. The highest BCUT2D eigenvalue weighted by Gasteiger charge is 2.17. The Balaban J connectivity index is 2.36. The predicted molar refractivity (Wildman–Crippen MR) is 111 cm³/mol. The number of carbonyl (C=O) groups is 1. The van der Waals surface area contributed by atoms with E-state index in [0.29, 0.717) is 6.54 Å². The van der Waals surface area contributed by atoms with Crippen molar-refractivity contribution in [2.24, 2.45) is 0 Å². The van der Waals surface area contributed by atoms with Gasteiger partial charge in [-0.3, -0.25) is 4.90 Å². The van der Waals surface area contributed by atoms with Crippen molar-refractivity contribution in [3.63, 3.8) is 0 Å². The zero-order valence-electron chi connectivity index (χ0n) is 17.1. The van der Waals surface area contributed by atoms with Gasteiger partial charge in [0, 0.05) is 25.0 Å². The summed E-state index contributed by atoms with van der Waals surface area (Å²) in [6.07, 6.45) is 1.96. The molecule has 0 heterocycles. The van der Waals surface area contributed by atoms with Gasteiger partial charge in [0.2, 0.25) is 0 Å². The Labute approximate surface area is 169 Å². The molecule has 1 amide bonds. The molecular formula is C21H35ClN2O3. The van der Waals surface area contributed by atoms with Gasteiger partial charge in [-0.05, 0) is 52.6 Å². The number of ether oxygens (including phenoxy) is 1. The van der Waals surface area contributed by atoms with Crippen LogP contribution in [0.4, 0.5) is 4.79 Å². The summed E-state index contributed by atoms with van der Waals surface area (Å²) in [5.74, 6) is 0.238. The third kappa shape index (κ3) is 11.9. The van der Waals surface area contributed by atoms with E-state index in [1.165, 1.54) is 5.56 Å². The Hall–Kier alpha value is -1.30. The van der Waals surface area contributed by atoms with Crippen molar-refractivity contribution in [3.05, 3.63) is 35.9 Å². The van der Waals surface area contributed by atoms with Crippen LogP contribution in [0.1, 0.15) is 52.5 Å². The number of aliphatic hydroxyl groups is 1. The number of unbranched alkanes of at least 4 members (excludes halogenated alkanes) is 1. The molecule has 0 radical (unpaired) electrons. The molecule has 2 N–H and O–H groups in total. The largest absolute Gasteiger partial charge is 0.444 e. The summed E-state index contributed by atoms with van der Waals surface area (Å²) < 4.78 is 5.28. The van der Waals surface area contributed by atoms with Gasteiger partial charge in [-0.15, -0.1) is 11.6 Å². The van der Waals surface area contributed by atoms with Crippen molar-refractivity contribution >= 4 is 17.7 Å². The van der Waals surface area contributed by atoms with Gasteiger partial charge in [0.05, 0.1) is 6.10 Å². The fourth-order valence-electron chi connectivity index (χ4n) is 2.79. The Morgan fingerprint density at radius 1 is 1.26 bits per heavy atom. The maximum Gasteiger partial charge on any atom is 0.407 e. The van der Waals surface area contributed by atoms with E-state index in [9.17, 15) is 9.90 Å². The topological polar surface area (TPSA) is 61.8 Å². The Morgan fingerprint density at radius 2 is 1.93 bits per heavy atom. The Bertz CT molecular complexity index is 534. The highest BCUT2D eigenvalue weighted by Crippen LogP contribution is 2.10. The number of nitrogens with one attached hydrogen (secondary N) is 1. The molecule has 27 heavy (non-hydrogen) atoms. The molecule has 1 rings (SSSR count). The summed E-state index contributed by atoms with van der Waals surface area (Å²) in [6, 6.07) is 10.3. The number of rotatable bonds is 11. The number of hydrogen-bond acceptors (Lipinski definition) is 4. The molecule has 0 aliphatic carbocycles. The van der Waals surface area contributed by atoms with Gasteiger partial charge >= 0.3 is 6.09 Å². The molecule has 0 saturated heterocycles. The summed E-state index contributed by atoms with van der Waals surface area (Å²) >= 11 is 5.77. The summed E-state index contributed by atoms with van der Waals surface area (Å²) in [4.78, 5) is 14.0. The van der Waals surface area contributed by atoms with Crippen molar-refractivity contribution in [1.29, 1.82) is 0 Å². The first kappa shape index (κ1) is 23.7. The molecule has 5 nitrogen and oxygen atoms in total. The average molecular weight is 399 g/mol. The minimum atomic E-state index is -0.525. The number of carbonyl (C=O) groups excluding carboxylic acids is 1. The lowest BCUT2D eigenvalue weighted by atomic mass is 10.1. The number of aliphatic hydroxyl groups excluding tert-OH is 1. The van der Waals surface area contributed by atoms with Crippen LogP contribution in [-0.2, 0) is 11.3 Å². The average Bonchev–Trinajstić information content (AvgIpc) is 2.57. The van der Waals surface area contributed by atoms with Crippen LogP contribution in [0.15, 0.2) is 30.3 Å². The molecule has 0 spiro atoms. The second kappa shape index (κ2) is 12.2. The maximum absolute atomic E-state index is 11.8. The van der Waals surface area contributed by atoms with Gasteiger partial charge in [0.1, 0.15) is 5.60 Å². The van der Waals surface area contributed by atoms with Gasteiger partial charge in [0.25, 0.3) is 0 Å². The summed E-state index contributed by atoms with van der Waals surface area (Å²) in [7, 11) is 0. The van der Waals surface area contributed by atoms with Crippen molar-refractivity contribution in [2.75, 3.05) is 19.0 Å². The lowest BCUT2D eigenvalue weighted by molar-refractivity contribution is 0.0505. The van der Waals surface area contributed by atoms with Crippen LogP contribution in [0.5, 0.6) is 0 Å². The minimum absolute atomic E-state index is 0.0656. The first-order valence-corrected chi connectivity index (χ1v) is 10.2. The molecule has 1 aromatic carbocycles. The molecule has 6 heteroatoms. The molecule has 2 atom stereocenters. The molecule has 0 unspecified atom stereocenters. The summed E-state index contributed by atoms with van der Waals surface area (Å²) in [5.41, 5.74) is 0.740. The molecule has 1 aromatic rings. The third-order valence-electron chi connectivity index (χ3n) is 4.02. The molecule has 0 aliphatic rings. The van der Waals surface area contributed by atoms with Crippen LogP contribution >= 0.6 is 11.6 Å². The number of alkyl carbamates (subject to hydrolysis) is 1. The predicted octanol–water partition coefficient (Wildman–Crippen LogP) is 4.17. The van der Waals surface area contributed by atoms with Crippen LogP contribution < -0.4 is 5.32 Å². The normalized spacial score (nSPS) is 14.0. The van der Waals surface area contributed by atoms with Gasteiger partial charge in [-0.1, -0.05) is 36.8 Å². The third-order valence-corrected chi connectivity index (χ3v) is 4.38. The van der Waals surface area contributed by atoms with E-state index >= 15 is 0 Å². The number of halogens is 1. The van der Waals surface area contributed by atoms with E-state index in [1.807, 2.05) is 45.9 Å². The van der Waals surface area contributed by atoms with Crippen molar-refractivity contribution < 1.29 is 14.6 Å². The first-order chi connectivity index (χ1) is 12.7. The summed E-state index contributed by atoms with van der Waals surface area (Å²) in [6.45, 7) is 9.78. The van der Waals surface area contributed by atoms with Gasteiger partial charge < -0.3 is 15.2 Å². The van der Waals surface area contributed by atoms with Crippen LogP contribution in [0.2, 0.25) is 0 Å². The van der Waals surface area contributed by atoms with Gasteiger partial charge in [-0.2, -0.15) is 0 Å². The first-order valence-electron chi connectivity index (χ1n) is 9.69. The fourth-order valence-corrected chi connectivity index (χ4v) is 2.89. The second-order valence-corrected chi connectivity index (χ2v) is 8.38. The summed E-state index contributed by atoms with van der Waals surface area (Å²) in [5, 5.41) is 12.8. The number of nitrogens with zero attached hydrogens (tertiary/aromatic N) is 1. The van der Waals surface area contributed by atoms with E-state index in [1.54, 1.807) is 0 Å². The maximum atomic E-state index is 11.8. The number of alkyl halides is 1. The number of benzene rings is 1. The standard InChI is InChI=1S/C21H35ClN2O3/c1-17(23-20(26)27-21(2,3)4)10-8-9-13-24(16-19(25)14-22)15-18-11-6-5-7-12-18/h5-7,11-12,17,19,25H,8-10,13-16H2,1-4H3,(H,23,26)/t17-,19+/m0/s1. The zero-order chi connectivity index (χ0) is 20.3. The lowest BCUT2D eigenvalue weighted by Gasteiger charge is -2.25. The monoisotopic (exact) mass is 398 g/mol. The second-order valence-electron chi connectivity index (χ2n) is 8.07. The van der Waals surface area contributed by atoms with Crippen LogP contribution in [0, 0.1) is 0 Å². The van der Waals surface area contributed by atoms with Crippen molar-refractivity contribution in [3.8, 4) is 0 Å². The van der Waals surface area contributed by atoms with Crippen LogP contribution in [0.3, 0.4) is 0 Å². The number of hydrogen-bond donors (Lipinski definition) is 2. The molecule has 154 valence electrons. The molecular weight excluding hydrogens is 364 g/mol. The van der Waals surface area contributed by atoms with Crippen molar-refractivity contribution in [1.82, 2.24) is 10.2 Å². The van der Waals surface area contributed by atoms with Gasteiger partial charge in [0.15, 0.2) is 0 Å². The molecule has 0 saturated carbocycles. The van der Waals surface area contributed by atoms with E-state index in [0.717, 1.165) is 32.4 Å². The van der Waals surface area contributed by atoms with E-state index < -0.39 is 11.7 Å². The van der Waals surface area contributed by atoms with Gasteiger partial charge in [-0.25, -0.2) is 4.79 Å².